The number of nitrogens with one attached hydrogen (secondary N) is 2. The van der Waals surface area contributed by atoms with Gasteiger partial charge in [-0.15, -0.1) is 0 Å². The van der Waals surface area contributed by atoms with E-state index in [0.29, 0.717) is 13.0 Å². The number of rotatable bonds is 3. The summed E-state index contributed by atoms with van der Waals surface area (Å²) < 4.78 is 17.1. The Hall–Kier alpha value is -1.34. The lowest BCUT2D eigenvalue weighted by molar-refractivity contribution is -0.161. The van der Waals surface area contributed by atoms with Crippen LogP contribution in [-0.2, 0) is 19.0 Å². The van der Waals surface area contributed by atoms with Crippen molar-refractivity contribution in [1.82, 2.24) is 10.6 Å². The predicted molar refractivity (Wildman–Crippen MR) is 83.8 cm³/mol. The third-order valence-corrected chi connectivity index (χ3v) is 3.85. The molecule has 1 saturated carbocycles. The van der Waals surface area contributed by atoms with Crippen molar-refractivity contribution in [2.45, 2.75) is 77.6 Å². The second kappa shape index (κ2) is 6.28. The van der Waals surface area contributed by atoms with Crippen LogP contribution >= 0.6 is 0 Å². The number of ether oxygens (including phenoxy) is 3. The van der Waals surface area contributed by atoms with Gasteiger partial charge in [0.15, 0.2) is 5.79 Å². The molecule has 132 valence electrons. The molecule has 23 heavy (non-hydrogen) atoms. The summed E-state index contributed by atoms with van der Waals surface area (Å²) in [6, 6.07) is -0.316. The van der Waals surface area contributed by atoms with E-state index < -0.39 is 17.5 Å². The lowest BCUT2D eigenvalue weighted by Crippen LogP contribution is -2.45. The molecule has 0 aromatic heterocycles. The van der Waals surface area contributed by atoms with Gasteiger partial charge in [-0.1, -0.05) is 0 Å². The van der Waals surface area contributed by atoms with Crippen LogP contribution in [0.15, 0.2) is 0 Å². The zero-order valence-corrected chi connectivity index (χ0v) is 14.8. The monoisotopic (exact) mass is 328 g/mol. The molecule has 7 nitrogen and oxygen atoms in total. The second-order valence-corrected chi connectivity index (χ2v) is 7.55. The maximum absolute atomic E-state index is 12.3. The summed E-state index contributed by atoms with van der Waals surface area (Å²) in [4.78, 5) is 24.3. The minimum Gasteiger partial charge on any atom is -0.444 e. The van der Waals surface area contributed by atoms with Gasteiger partial charge >= 0.3 is 6.09 Å². The van der Waals surface area contributed by atoms with Crippen LogP contribution in [-0.4, -0.2) is 48.2 Å². The lowest BCUT2D eigenvalue weighted by atomic mass is 10.0. The Morgan fingerprint density at radius 1 is 1.22 bits per heavy atom. The topological polar surface area (TPSA) is 85.9 Å². The highest BCUT2D eigenvalue weighted by atomic mass is 16.8. The summed E-state index contributed by atoms with van der Waals surface area (Å²) in [5, 5.41) is 5.65. The van der Waals surface area contributed by atoms with Crippen LogP contribution in [0, 0.1) is 5.92 Å². The Bertz CT molecular complexity index is 472. The third kappa shape index (κ3) is 4.35. The van der Waals surface area contributed by atoms with Gasteiger partial charge in [0, 0.05) is 6.54 Å². The van der Waals surface area contributed by atoms with Crippen molar-refractivity contribution in [2.24, 2.45) is 5.92 Å². The SMILES string of the molecule is CCNC(=O)[C@H]1C[C@@H](NC(=O)OC(C)(C)C)[C@@H]2OC(C)(C)O[C@@H]21. The Balaban J connectivity index is 2.08. The fourth-order valence-corrected chi connectivity index (χ4v) is 3.14. The zero-order chi connectivity index (χ0) is 17.4. The standard InChI is InChI=1S/C16H28N2O5/c1-7-17-13(19)9-8-10(18-14(20)23-15(2,3)4)12-11(9)21-16(5,6)22-12/h9-12H,7-8H2,1-6H3,(H,17,19)(H,18,20)/t9-,10+,11+,12-/m0/s1. The highest BCUT2D eigenvalue weighted by Gasteiger charge is 2.56. The van der Waals surface area contributed by atoms with Gasteiger partial charge in [-0.3, -0.25) is 4.79 Å². The highest BCUT2D eigenvalue weighted by Crippen LogP contribution is 2.41. The van der Waals surface area contributed by atoms with E-state index in [1.54, 1.807) is 20.8 Å². The Morgan fingerprint density at radius 2 is 1.83 bits per heavy atom. The van der Waals surface area contributed by atoms with Gasteiger partial charge in [0.2, 0.25) is 5.91 Å². The molecule has 0 aromatic rings. The normalized spacial score (nSPS) is 32.3. The van der Waals surface area contributed by atoms with Crippen molar-refractivity contribution in [2.75, 3.05) is 6.54 Å². The number of carbonyl (C=O) groups excluding carboxylic acids is 2. The smallest absolute Gasteiger partial charge is 0.407 e. The molecule has 1 aliphatic heterocycles. The number of alkyl carbamates (subject to hydrolysis) is 1. The molecule has 1 heterocycles. The van der Waals surface area contributed by atoms with E-state index in [-0.39, 0.29) is 30.1 Å². The molecule has 2 aliphatic rings. The molecule has 0 aromatic carbocycles. The molecule has 0 unspecified atom stereocenters. The van der Waals surface area contributed by atoms with Crippen LogP contribution in [0.1, 0.15) is 48.0 Å². The first kappa shape index (κ1) is 18.0. The lowest BCUT2D eigenvalue weighted by Gasteiger charge is -2.25. The van der Waals surface area contributed by atoms with Crippen molar-refractivity contribution < 1.29 is 23.8 Å². The molecule has 0 radical (unpaired) electrons. The summed E-state index contributed by atoms with van der Waals surface area (Å²) >= 11 is 0. The average molecular weight is 328 g/mol. The second-order valence-electron chi connectivity index (χ2n) is 7.55. The molecule has 1 saturated heterocycles. The van der Waals surface area contributed by atoms with Gasteiger partial charge in [-0.05, 0) is 48.0 Å². The first-order chi connectivity index (χ1) is 10.5. The number of fused-ring (bicyclic) bond motifs is 1. The van der Waals surface area contributed by atoms with Crippen LogP contribution < -0.4 is 10.6 Å². The summed E-state index contributed by atoms with van der Waals surface area (Å²) in [6.07, 6.45) is -0.760. The number of amides is 2. The zero-order valence-electron chi connectivity index (χ0n) is 14.8. The van der Waals surface area contributed by atoms with Crippen molar-refractivity contribution in [3.8, 4) is 0 Å². The molecular formula is C16H28N2O5. The molecule has 0 bridgehead atoms. The molecule has 1 aliphatic carbocycles. The largest absolute Gasteiger partial charge is 0.444 e. The van der Waals surface area contributed by atoms with E-state index in [1.165, 1.54) is 0 Å². The van der Waals surface area contributed by atoms with E-state index >= 15 is 0 Å². The first-order valence-corrected chi connectivity index (χ1v) is 8.15. The van der Waals surface area contributed by atoms with E-state index in [0.717, 1.165) is 0 Å². The molecule has 4 atom stereocenters. The fraction of sp³-hybridized carbons (Fsp3) is 0.875. The summed E-state index contributed by atoms with van der Waals surface area (Å²) in [5.74, 6) is -1.19. The van der Waals surface area contributed by atoms with Crippen LogP contribution in [0.25, 0.3) is 0 Å². The molecule has 7 heteroatoms. The molecular weight excluding hydrogens is 300 g/mol. The number of hydrogen-bond donors (Lipinski definition) is 2. The Morgan fingerprint density at radius 3 is 2.39 bits per heavy atom. The van der Waals surface area contributed by atoms with Gasteiger partial charge in [-0.2, -0.15) is 0 Å². The number of hydrogen-bond acceptors (Lipinski definition) is 5. The quantitative estimate of drug-likeness (QED) is 0.821. The van der Waals surface area contributed by atoms with E-state index in [2.05, 4.69) is 10.6 Å². The fourth-order valence-electron chi connectivity index (χ4n) is 3.14. The molecule has 2 N–H and O–H groups in total. The van der Waals surface area contributed by atoms with Crippen LogP contribution in [0.2, 0.25) is 0 Å². The third-order valence-electron chi connectivity index (χ3n) is 3.85. The van der Waals surface area contributed by atoms with Crippen LogP contribution in [0.5, 0.6) is 0 Å². The Labute approximate surface area is 137 Å². The van der Waals surface area contributed by atoms with Gasteiger partial charge < -0.3 is 24.8 Å². The van der Waals surface area contributed by atoms with Crippen molar-refractivity contribution in [1.29, 1.82) is 0 Å². The van der Waals surface area contributed by atoms with Crippen molar-refractivity contribution in [3.05, 3.63) is 0 Å². The van der Waals surface area contributed by atoms with Crippen molar-refractivity contribution >= 4 is 12.0 Å². The van der Waals surface area contributed by atoms with Gasteiger partial charge in [0.1, 0.15) is 17.8 Å². The van der Waals surface area contributed by atoms with Crippen molar-refractivity contribution in [3.63, 3.8) is 0 Å². The molecule has 2 rings (SSSR count). The molecule has 2 amide bonds. The summed E-state index contributed by atoms with van der Waals surface area (Å²) in [6.45, 7) is 11.5. The summed E-state index contributed by atoms with van der Waals surface area (Å²) in [5.41, 5.74) is -0.576. The first-order valence-electron chi connectivity index (χ1n) is 8.15. The maximum Gasteiger partial charge on any atom is 0.407 e. The number of carbonyl (C=O) groups is 2. The average Bonchev–Trinajstić information content (AvgIpc) is 2.82. The van der Waals surface area contributed by atoms with E-state index in [4.69, 9.17) is 14.2 Å². The molecule has 0 spiro atoms. The van der Waals surface area contributed by atoms with Gasteiger partial charge in [0.05, 0.1) is 12.0 Å². The minimum absolute atomic E-state index is 0.0720. The van der Waals surface area contributed by atoms with Crippen LogP contribution in [0.3, 0.4) is 0 Å². The molecule has 2 fully saturated rings. The van der Waals surface area contributed by atoms with Crippen LogP contribution in [0.4, 0.5) is 4.79 Å². The predicted octanol–water partition coefficient (Wildman–Crippen LogP) is 1.56. The maximum atomic E-state index is 12.3. The highest BCUT2D eigenvalue weighted by molar-refractivity contribution is 5.80. The van der Waals surface area contributed by atoms with Gasteiger partial charge in [-0.25, -0.2) is 4.79 Å². The van der Waals surface area contributed by atoms with E-state index in [9.17, 15) is 9.59 Å². The minimum atomic E-state index is -0.769. The Kier molecular flexibility index (Phi) is 4.92. The van der Waals surface area contributed by atoms with E-state index in [1.807, 2.05) is 20.8 Å². The summed E-state index contributed by atoms with van der Waals surface area (Å²) in [7, 11) is 0. The van der Waals surface area contributed by atoms with Gasteiger partial charge in [0.25, 0.3) is 0 Å².